The van der Waals surface area contributed by atoms with Crippen molar-refractivity contribution in [1.82, 2.24) is 0 Å². The first kappa shape index (κ1) is 7.16. The molecule has 9 heavy (non-hydrogen) atoms. The van der Waals surface area contributed by atoms with Gasteiger partial charge in [0.05, 0.1) is 0 Å². The van der Waals surface area contributed by atoms with Crippen LogP contribution in [0.25, 0.3) is 0 Å². The largest absolute Gasteiger partial charge is 0.242 e. The lowest BCUT2D eigenvalue weighted by atomic mass is 10.4. The summed E-state index contributed by atoms with van der Waals surface area (Å²) in [6.45, 7) is 0. The van der Waals surface area contributed by atoms with E-state index in [1.807, 2.05) is 6.07 Å². The molecule has 0 saturated heterocycles. The van der Waals surface area contributed by atoms with Crippen LogP contribution in [0.3, 0.4) is 0 Å². The van der Waals surface area contributed by atoms with Crippen molar-refractivity contribution >= 4 is 27.7 Å². The number of hydrogen-bond acceptors (Lipinski definition) is 0. The van der Waals surface area contributed by atoms with Gasteiger partial charge in [-0.15, -0.1) is 0 Å². The van der Waals surface area contributed by atoms with Crippen LogP contribution in [0.5, 0.6) is 0 Å². The van der Waals surface area contributed by atoms with E-state index >= 15 is 0 Å². The Labute approximate surface area is 67.8 Å². The Hall–Kier alpha value is 0.0500. The molecule has 0 aromatic heterocycles. The minimum absolute atomic E-state index is 0.896. The second kappa shape index (κ2) is 3.28. The summed E-state index contributed by atoms with van der Waals surface area (Å²) in [6, 6.07) is 8.40. The summed E-state index contributed by atoms with van der Waals surface area (Å²) in [4.78, 5) is 1.41. The summed E-state index contributed by atoms with van der Waals surface area (Å²) < 4.78 is 1.18. The molecule has 0 unspecified atom stereocenters. The van der Waals surface area contributed by atoms with E-state index < -0.39 is 0 Å². The average Bonchev–Trinajstić information content (AvgIpc) is 1.88. The van der Waals surface area contributed by atoms with Gasteiger partial charge in [0.15, 0.2) is 0 Å². The van der Waals surface area contributed by atoms with Crippen molar-refractivity contribution in [1.29, 1.82) is 0 Å². The van der Waals surface area contributed by atoms with Crippen molar-refractivity contribution in [2.45, 2.75) is 4.90 Å². The van der Waals surface area contributed by atoms with Crippen LogP contribution in [0.4, 0.5) is 0 Å². The molecule has 0 fully saturated rings. The van der Waals surface area contributed by atoms with E-state index in [9.17, 15) is 0 Å². The number of halogens is 1. The van der Waals surface area contributed by atoms with Gasteiger partial charge in [0.25, 0.3) is 0 Å². The highest BCUT2D eigenvalue weighted by Gasteiger charge is 1.85. The normalized spacial score (nSPS) is 11.8. The maximum absolute atomic E-state index is 3.41. The minimum Gasteiger partial charge on any atom is -0.242 e. The Bertz CT molecular complexity index is 198. The molecule has 0 aliphatic carbocycles. The second-order valence-electron chi connectivity index (χ2n) is 1.76. The van der Waals surface area contributed by atoms with Gasteiger partial charge in [0, 0.05) is 4.47 Å². The van der Waals surface area contributed by atoms with E-state index in [-0.39, 0.29) is 0 Å². The first-order chi connectivity index (χ1) is 4.33. The molecule has 0 saturated carbocycles. The van der Waals surface area contributed by atoms with Gasteiger partial charge in [-0.2, -0.15) is 0 Å². The van der Waals surface area contributed by atoms with Gasteiger partial charge in [0.2, 0.25) is 0 Å². The zero-order chi connectivity index (χ0) is 6.69. The van der Waals surface area contributed by atoms with Crippen LogP contribution in [-0.2, 0) is 0 Å². The fraction of sp³-hybridized carbons (Fsp3) is 0.143. The van der Waals surface area contributed by atoms with Crippen molar-refractivity contribution in [2.75, 3.05) is 6.26 Å². The van der Waals surface area contributed by atoms with E-state index in [2.05, 4.69) is 40.4 Å². The highest BCUT2D eigenvalue weighted by Crippen LogP contribution is 2.18. The summed E-state index contributed by atoms with van der Waals surface area (Å²) in [5.74, 6) is 0. The van der Waals surface area contributed by atoms with E-state index in [1.165, 1.54) is 9.37 Å². The highest BCUT2D eigenvalue weighted by atomic mass is 79.9. The molecule has 50 valence electrons. The monoisotopic (exact) mass is 204 g/mol. The molecule has 0 heterocycles. The van der Waals surface area contributed by atoms with Gasteiger partial charge < -0.3 is 0 Å². The van der Waals surface area contributed by atoms with Crippen molar-refractivity contribution in [3.8, 4) is 0 Å². The molecule has 0 aliphatic rings. The van der Waals surface area contributed by atoms with Crippen LogP contribution in [0.1, 0.15) is 0 Å². The lowest BCUT2D eigenvalue weighted by Gasteiger charge is -1.96. The van der Waals surface area contributed by atoms with Crippen molar-refractivity contribution in [3.63, 3.8) is 0 Å². The summed E-state index contributed by atoms with van der Waals surface area (Å²) >= 11 is 4.30. The van der Waals surface area contributed by atoms with Crippen LogP contribution in [0.15, 0.2) is 33.6 Å². The van der Waals surface area contributed by atoms with Crippen molar-refractivity contribution in [3.05, 3.63) is 28.7 Å². The molecule has 0 radical (unpaired) electrons. The Balaban J connectivity index is 2.94. The first-order valence-corrected chi connectivity index (χ1v) is 5.05. The van der Waals surface area contributed by atoms with Crippen LogP contribution >= 0.6 is 27.7 Å². The van der Waals surface area contributed by atoms with Gasteiger partial charge >= 0.3 is 0 Å². The van der Waals surface area contributed by atoms with E-state index in [1.54, 1.807) is 0 Å². The molecule has 2 heteroatoms. The van der Waals surface area contributed by atoms with Crippen LogP contribution in [0, 0.1) is 0 Å². The lowest BCUT2D eigenvalue weighted by molar-refractivity contribution is 1.44. The fourth-order valence-electron chi connectivity index (χ4n) is 0.644. The minimum atomic E-state index is 0.896. The molecule has 0 nitrogen and oxygen atoms in total. The topological polar surface area (TPSA) is 0 Å². The lowest BCUT2D eigenvalue weighted by Crippen LogP contribution is -1.66. The van der Waals surface area contributed by atoms with Crippen LogP contribution < -0.4 is 0 Å². The Morgan fingerprint density at radius 2 is 2.22 bits per heavy atom. The van der Waals surface area contributed by atoms with E-state index in [0.717, 1.165) is 11.8 Å². The molecule has 0 aliphatic heterocycles. The summed E-state index contributed by atoms with van der Waals surface area (Å²) in [5.41, 5.74) is 0. The Kier molecular flexibility index (Phi) is 2.61. The third kappa shape index (κ3) is 2.03. The van der Waals surface area contributed by atoms with Gasteiger partial charge in [-0.3, -0.25) is 0 Å². The number of hydrogen-bond donors (Lipinski definition) is 0. The predicted octanol–water partition coefficient (Wildman–Crippen LogP) is 2.64. The smallest absolute Gasteiger partial charge is 0.0185 e. The molecular weight excluding hydrogens is 196 g/mol. The van der Waals surface area contributed by atoms with Crippen molar-refractivity contribution in [2.24, 2.45) is 0 Å². The average molecular weight is 205 g/mol. The summed E-state index contributed by atoms with van der Waals surface area (Å²) in [5, 5.41) is 0. The number of rotatable bonds is 1. The summed E-state index contributed by atoms with van der Waals surface area (Å²) in [6.07, 6.45) is 2.18. The highest BCUT2D eigenvalue weighted by molar-refractivity contribution is 9.10. The zero-order valence-electron chi connectivity index (χ0n) is 5.19. The van der Waals surface area contributed by atoms with Crippen LogP contribution in [0.2, 0.25) is 0 Å². The molecule has 1 aromatic carbocycles. The molecular formula is C7H9BrS. The third-order valence-corrected chi connectivity index (χ3v) is 2.49. The maximum Gasteiger partial charge on any atom is 0.0185 e. The molecule has 0 spiro atoms. The molecule has 1 aromatic rings. The van der Waals surface area contributed by atoms with Gasteiger partial charge in [0.1, 0.15) is 0 Å². The summed E-state index contributed by atoms with van der Waals surface area (Å²) in [7, 11) is 0. The third-order valence-electron chi connectivity index (χ3n) is 1.11. The molecule has 1 rings (SSSR count). The fourth-order valence-corrected chi connectivity index (χ4v) is 1.82. The van der Waals surface area contributed by atoms with Gasteiger partial charge in [-0.1, -0.05) is 28.1 Å². The zero-order valence-corrected chi connectivity index (χ0v) is 7.77. The van der Waals surface area contributed by atoms with Gasteiger partial charge in [-0.25, -0.2) is 11.8 Å². The maximum atomic E-state index is 3.41. The first-order valence-electron chi connectivity index (χ1n) is 2.76. The predicted molar refractivity (Wildman–Crippen MR) is 48.7 cm³/mol. The molecule has 0 amide bonds. The standard InChI is InChI=1S/C7H9BrS/c1-9-7-4-2-3-6(8)5-7/h2-5H,9H2,1H3. The van der Waals surface area contributed by atoms with Crippen molar-refractivity contribution < 1.29 is 0 Å². The molecule has 0 N–H and O–H groups in total. The quantitative estimate of drug-likeness (QED) is 0.661. The molecule has 0 atom stereocenters. The SMILES string of the molecule is C[SH2]c1cccc(Br)c1. The Morgan fingerprint density at radius 3 is 2.67 bits per heavy atom. The van der Waals surface area contributed by atoms with E-state index in [4.69, 9.17) is 0 Å². The molecule has 0 bridgehead atoms. The van der Waals surface area contributed by atoms with E-state index in [0.29, 0.717) is 0 Å². The van der Waals surface area contributed by atoms with Gasteiger partial charge in [-0.05, 0) is 23.3 Å². The Morgan fingerprint density at radius 1 is 1.44 bits per heavy atom. The van der Waals surface area contributed by atoms with Crippen LogP contribution in [-0.4, -0.2) is 6.26 Å². The second-order valence-corrected chi connectivity index (χ2v) is 3.75. The number of benzene rings is 1.